The summed E-state index contributed by atoms with van der Waals surface area (Å²) in [5.41, 5.74) is -0.358. The van der Waals surface area contributed by atoms with Crippen molar-refractivity contribution in [1.29, 1.82) is 0 Å². The normalized spacial score (nSPS) is 16.5. The number of likely N-dealkylation sites (tertiary alicyclic amines) is 1. The maximum absolute atomic E-state index is 12.4. The van der Waals surface area contributed by atoms with Gasteiger partial charge >= 0.3 is 6.09 Å². The number of aromatic nitrogens is 1. The van der Waals surface area contributed by atoms with E-state index in [4.69, 9.17) is 4.74 Å². The molecule has 6 heteroatoms. The van der Waals surface area contributed by atoms with Gasteiger partial charge in [0.15, 0.2) is 0 Å². The van der Waals surface area contributed by atoms with Crippen LogP contribution in [0.1, 0.15) is 33.6 Å². The lowest BCUT2D eigenvalue weighted by Crippen LogP contribution is -2.42. The second kappa shape index (κ2) is 6.59. The fourth-order valence-corrected chi connectivity index (χ4v) is 4.09. The quantitative estimate of drug-likeness (QED) is 0.831. The van der Waals surface area contributed by atoms with Crippen LogP contribution in [0, 0.1) is 5.92 Å². The number of fused-ring (bicyclic) bond motifs is 1. The Labute approximate surface area is 146 Å². The van der Waals surface area contributed by atoms with Crippen molar-refractivity contribution in [2.45, 2.75) is 45.8 Å². The molecule has 1 aliphatic rings. The molecule has 0 unspecified atom stereocenters. The summed E-state index contributed by atoms with van der Waals surface area (Å²) < 4.78 is 8.32. The average molecular weight is 348 g/mol. The van der Waals surface area contributed by atoms with Gasteiger partial charge in [-0.05, 0) is 51.7 Å². The third-order valence-electron chi connectivity index (χ3n) is 4.24. The first-order valence-corrected chi connectivity index (χ1v) is 9.17. The molecule has 0 aliphatic carbocycles. The van der Waals surface area contributed by atoms with Crippen molar-refractivity contribution in [2.24, 2.45) is 5.92 Å². The van der Waals surface area contributed by atoms with Gasteiger partial charge in [0.1, 0.15) is 5.60 Å². The molecule has 1 amide bonds. The molecule has 2 heterocycles. The van der Waals surface area contributed by atoms with Gasteiger partial charge in [-0.3, -0.25) is 8.75 Å². The Morgan fingerprint density at radius 3 is 2.54 bits per heavy atom. The van der Waals surface area contributed by atoms with E-state index in [1.165, 1.54) is 11.5 Å². The second-order valence-electron chi connectivity index (χ2n) is 7.36. The molecule has 0 atom stereocenters. The van der Waals surface area contributed by atoms with Gasteiger partial charge in [-0.1, -0.05) is 23.7 Å². The van der Waals surface area contributed by atoms with Crippen molar-refractivity contribution in [3.63, 3.8) is 0 Å². The number of rotatable bonds is 2. The monoisotopic (exact) mass is 348 g/mol. The number of hydrogen-bond donors (Lipinski definition) is 0. The number of nitrogens with zero attached hydrogens (tertiary/aromatic N) is 2. The van der Waals surface area contributed by atoms with Crippen molar-refractivity contribution in [3.8, 4) is 0 Å². The van der Waals surface area contributed by atoms with Crippen molar-refractivity contribution in [1.82, 2.24) is 8.86 Å². The molecule has 0 saturated carbocycles. The van der Waals surface area contributed by atoms with Crippen LogP contribution in [0.15, 0.2) is 29.1 Å². The van der Waals surface area contributed by atoms with E-state index in [1.54, 1.807) is 4.90 Å². The maximum atomic E-state index is 12.4. The average Bonchev–Trinajstić information content (AvgIpc) is 2.83. The van der Waals surface area contributed by atoms with E-state index in [9.17, 15) is 9.59 Å². The van der Waals surface area contributed by atoms with Crippen LogP contribution in [0.3, 0.4) is 0 Å². The Hall–Kier alpha value is -1.82. The van der Waals surface area contributed by atoms with Crippen LogP contribution in [0.5, 0.6) is 0 Å². The Kier molecular flexibility index (Phi) is 4.67. The van der Waals surface area contributed by atoms with Gasteiger partial charge < -0.3 is 9.64 Å². The highest BCUT2D eigenvalue weighted by atomic mass is 32.1. The molecule has 1 saturated heterocycles. The summed E-state index contributed by atoms with van der Waals surface area (Å²) in [6.07, 6.45) is 1.57. The second-order valence-corrected chi connectivity index (χ2v) is 8.43. The van der Waals surface area contributed by atoms with Gasteiger partial charge in [-0.2, -0.15) is 0 Å². The third-order valence-corrected chi connectivity index (χ3v) is 5.33. The molecule has 0 spiro atoms. The fourth-order valence-electron chi connectivity index (χ4n) is 3.00. The standard InChI is InChI=1S/C18H24N2O3S/c1-18(2,3)23-17(22)19-10-8-13(9-11-19)12-20-16(21)14-6-4-5-7-15(14)24-20/h4-7,13H,8-12H2,1-3H3. The van der Waals surface area contributed by atoms with Crippen molar-refractivity contribution < 1.29 is 9.53 Å². The highest BCUT2D eigenvalue weighted by Crippen LogP contribution is 2.23. The molecule has 1 fully saturated rings. The van der Waals surface area contributed by atoms with Crippen LogP contribution in [-0.4, -0.2) is 33.6 Å². The molecular formula is C18H24N2O3S. The molecule has 5 nitrogen and oxygen atoms in total. The molecule has 3 rings (SSSR count). The van der Waals surface area contributed by atoms with Gasteiger partial charge in [-0.25, -0.2) is 4.79 Å². The first kappa shape index (κ1) is 17.0. The minimum Gasteiger partial charge on any atom is -0.444 e. The van der Waals surface area contributed by atoms with Gasteiger partial charge in [-0.15, -0.1) is 0 Å². The largest absolute Gasteiger partial charge is 0.444 e. The molecule has 1 aliphatic heterocycles. The topological polar surface area (TPSA) is 51.5 Å². The summed E-state index contributed by atoms with van der Waals surface area (Å²) in [4.78, 5) is 26.3. The minimum absolute atomic E-state index is 0.102. The smallest absolute Gasteiger partial charge is 0.410 e. The van der Waals surface area contributed by atoms with E-state index < -0.39 is 5.60 Å². The predicted molar refractivity (Wildman–Crippen MR) is 96.6 cm³/mol. The molecule has 24 heavy (non-hydrogen) atoms. The van der Waals surface area contributed by atoms with Crippen LogP contribution in [0.2, 0.25) is 0 Å². The molecule has 0 bridgehead atoms. The number of carbonyl (C=O) groups excluding carboxylic acids is 1. The van der Waals surface area contributed by atoms with E-state index in [0.717, 1.165) is 29.5 Å². The molecule has 1 aromatic carbocycles. The summed E-state index contributed by atoms with van der Waals surface area (Å²) in [7, 11) is 0. The number of benzene rings is 1. The Morgan fingerprint density at radius 2 is 1.92 bits per heavy atom. The van der Waals surface area contributed by atoms with Crippen molar-refractivity contribution >= 4 is 27.7 Å². The summed E-state index contributed by atoms with van der Waals surface area (Å²) in [5, 5.41) is 0.800. The van der Waals surface area contributed by atoms with E-state index in [1.807, 2.05) is 49.0 Å². The highest BCUT2D eigenvalue weighted by molar-refractivity contribution is 7.13. The van der Waals surface area contributed by atoms with E-state index in [0.29, 0.717) is 19.0 Å². The zero-order valence-corrected chi connectivity index (χ0v) is 15.3. The van der Waals surface area contributed by atoms with Crippen molar-refractivity contribution in [3.05, 3.63) is 34.6 Å². The molecule has 2 aromatic rings. The van der Waals surface area contributed by atoms with Gasteiger partial charge in [0, 0.05) is 19.6 Å². The van der Waals surface area contributed by atoms with Gasteiger partial charge in [0.25, 0.3) is 5.56 Å². The molecule has 0 N–H and O–H groups in total. The zero-order valence-electron chi connectivity index (χ0n) is 14.4. The third kappa shape index (κ3) is 3.80. The molecular weight excluding hydrogens is 324 g/mol. The number of amides is 1. The predicted octanol–water partition coefficient (Wildman–Crippen LogP) is 3.71. The van der Waals surface area contributed by atoms with Crippen LogP contribution in [-0.2, 0) is 11.3 Å². The molecule has 0 radical (unpaired) electrons. The molecule has 1 aromatic heterocycles. The van der Waals surface area contributed by atoms with Crippen molar-refractivity contribution in [2.75, 3.05) is 13.1 Å². The Morgan fingerprint density at radius 1 is 1.25 bits per heavy atom. The summed E-state index contributed by atoms with van der Waals surface area (Å²) in [6, 6.07) is 7.74. The first-order valence-electron chi connectivity index (χ1n) is 8.40. The van der Waals surface area contributed by atoms with Crippen LogP contribution in [0.25, 0.3) is 10.1 Å². The summed E-state index contributed by atoms with van der Waals surface area (Å²) in [6.45, 7) is 7.77. The maximum Gasteiger partial charge on any atom is 0.410 e. The Balaban J connectivity index is 1.60. The number of piperidine rings is 1. The van der Waals surface area contributed by atoms with Gasteiger partial charge in [0.2, 0.25) is 0 Å². The van der Waals surface area contributed by atoms with Crippen LogP contribution < -0.4 is 5.56 Å². The lowest BCUT2D eigenvalue weighted by molar-refractivity contribution is 0.0179. The first-order chi connectivity index (χ1) is 11.3. The Bertz CT molecular complexity index is 779. The summed E-state index contributed by atoms with van der Waals surface area (Å²) >= 11 is 1.53. The van der Waals surface area contributed by atoms with E-state index >= 15 is 0 Å². The van der Waals surface area contributed by atoms with E-state index in [-0.39, 0.29) is 11.7 Å². The van der Waals surface area contributed by atoms with Crippen LogP contribution in [0.4, 0.5) is 4.79 Å². The minimum atomic E-state index is -0.460. The van der Waals surface area contributed by atoms with Gasteiger partial charge in [0.05, 0.1) is 10.1 Å². The number of hydrogen-bond acceptors (Lipinski definition) is 4. The number of ether oxygens (including phenoxy) is 1. The highest BCUT2D eigenvalue weighted by Gasteiger charge is 2.27. The lowest BCUT2D eigenvalue weighted by Gasteiger charge is -2.33. The van der Waals surface area contributed by atoms with E-state index in [2.05, 4.69) is 0 Å². The molecule has 130 valence electrons. The zero-order chi connectivity index (χ0) is 17.3. The fraction of sp³-hybridized carbons (Fsp3) is 0.556. The summed E-state index contributed by atoms with van der Waals surface area (Å²) in [5.74, 6) is 0.425. The van der Waals surface area contributed by atoms with Crippen LogP contribution >= 0.6 is 11.5 Å². The lowest BCUT2D eigenvalue weighted by atomic mass is 9.97. The number of carbonyl (C=O) groups is 1. The SMILES string of the molecule is CC(C)(C)OC(=O)N1CCC(Cn2sc3ccccc3c2=O)CC1.